The Morgan fingerprint density at radius 3 is 2.26 bits per heavy atom. The van der Waals surface area contributed by atoms with Gasteiger partial charge in [-0.05, 0) is 22.0 Å². The molecule has 0 amide bonds. The molecule has 2 aromatic carbocycles. The molecule has 0 N–H and O–H groups in total. The molecule has 0 heterocycles. The van der Waals surface area contributed by atoms with Gasteiger partial charge in [0.15, 0.2) is 6.29 Å². The number of benzene rings is 2. The lowest BCUT2D eigenvalue weighted by atomic mass is 10.0. The number of rotatable bonds is 4. The number of aldehydes is 1. The molecule has 4 nitrogen and oxygen atoms in total. The van der Waals surface area contributed by atoms with Crippen molar-refractivity contribution in [2.75, 3.05) is 21.3 Å². The van der Waals surface area contributed by atoms with Crippen LogP contribution in [0.4, 0.5) is 0 Å². The number of halogens is 1. The molecule has 0 fully saturated rings. The standard InChI is InChI=1S/C14H13BrO4/c1-17-10-6-4-5-8-11(10)13(18-2)9(7-16)12(15)14(8)19-3/h4-7H,1-3H3. The van der Waals surface area contributed by atoms with Crippen LogP contribution in [0.3, 0.4) is 0 Å². The second kappa shape index (κ2) is 5.48. The van der Waals surface area contributed by atoms with Crippen LogP contribution in [0.1, 0.15) is 10.4 Å². The largest absolute Gasteiger partial charge is 0.496 e. The van der Waals surface area contributed by atoms with E-state index in [1.165, 1.54) is 7.11 Å². The van der Waals surface area contributed by atoms with Gasteiger partial charge >= 0.3 is 0 Å². The van der Waals surface area contributed by atoms with Crippen LogP contribution in [0.15, 0.2) is 22.7 Å². The van der Waals surface area contributed by atoms with Crippen molar-refractivity contribution in [3.63, 3.8) is 0 Å². The molecule has 0 atom stereocenters. The molecule has 0 aliphatic rings. The maximum absolute atomic E-state index is 11.3. The Balaban J connectivity index is 3.05. The summed E-state index contributed by atoms with van der Waals surface area (Å²) >= 11 is 3.38. The fraction of sp³-hybridized carbons (Fsp3) is 0.214. The van der Waals surface area contributed by atoms with Crippen molar-refractivity contribution in [2.24, 2.45) is 0 Å². The van der Waals surface area contributed by atoms with Crippen LogP contribution >= 0.6 is 15.9 Å². The van der Waals surface area contributed by atoms with Crippen molar-refractivity contribution in [2.45, 2.75) is 0 Å². The van der Waals surface area contributed by atoms with Crippen LogP contribution in [-0.4, -0.2) is 27.6 Å². The second-order valence-corrected chi connectivity index (χ2v) is 4.59. The highest BCUT2D eigenvalue weighted by molar-refractivity contribution is 9.10. The molecule has 0 unspecified atom stereocenters. The highest BCUT2D eigenvalue weighted by Crippen LogP contribution is 2.46. The maximum atomic E-state index is 11.3. The monoisotopic (exact) mass is 324 g/mol. The Morgan fingerprint density at radius 1 is 1.05 bits per heavy atom. The van der Waals surface area contributed by atoms with Gasteiger partial charge in [-0.25, -0.2) is 0 Å². The van der Waals surface area contributed by atoms with Crippen molar-refractivity contribution in [1.82, 2.24) is 0 Å². The summed E-state index contributed by atoms with van der Waals surface area (Å²) in [7, 11) is 4.65. The average molecular weight is 325 g/mol. The second-order valence-electron chi connectivity index (χ2n) is 3.79. The first-order valence-electron chi connectivity index (χ1n) is 5.54. The average Bonchev–Trinajstić information content (AvgIpc) is 2.45. The van der Waals surface area contributed by atoms with Crippen LogP contribution in [0.5, 0.6) is 17.2 Å². The minimum absolute atomic E-state index is 0.399. The Labute approximate surface area is 119 Å². The number of fused-ring (bicyclic) bond motifs is 1. The summed E-state index contributed by atoms with van der Waals surface area (Å²) in [5.74, 6) is 1.68. The molecule has 0 saturated heterocycles. The summed E-state index contributed by atoms with van der Waals surface area (Å²) in [5, 5.41) is 1.53. The summed E-state index contributed by atoms with van der Waals surface area (Å²) in [6.07, 6.45) is 0.733. The fourth-order valence-corrected chi connectivity index (χ4v) is 2.77. The van der Waals surface area contributed by atoms with Gasteiger partial charge in [0.1, 0.15) is 17.2 Å². The van der Waals surface area contributed by atoms with Gasteiger partial charge in [0.2, 0.25) is 0 Å². The molecule has 0 bridgehead atoms. The Morgan fingerprint density at radius 2 is 1.74 bits per heavy atom. The number of hydrogen-bond donors (Lipinski definition) is 0. The smallest absolute Gasteiger partial charge is 0.155 e. The third kappa shape index (κ3) is 2.04. The topological polar surface area (TPSA) is 44.8 Å². The zero-order chi connectivity index (χ0) is 14.0. The van der Waals surface area contributed by atoms with Crippen molar-refractivity contribution >= 4 is 33.0 Å². The Kier molecular flexibility index (Phi) is 3.95. The van der Waals surface area contributed by atoms with Crippen molar-refractivity contribution in [3.8, 4) is 17.2 Å². The van der Waals surface area contributed by atoms with E-state index >= 15 is 0 Å². The minimum atomic E-state index is 0.399. The predicted octanol–water partition coefficient (Wildman–Crippen LogP) is 3.44. The molecule has 0 saturated carbocycles. The summed E-state index contributed by atoms with van der Waals surface area (Å²) in [4.78, 5) is 11.3. The molecule has 19 heavy (non-hydrogen) atoms. The number of carbonyl (C=O) groups excluding carboxylic acids is 1. The molecular formula is C14H13BrO4. The molecule has 0 aliphatic carbocycles. The van der Waals surface area contributed by atoms with Gasteiger partial charge in [-0.1, -0.05) is 12.1 Å². The molecule has 2 rings (SSSR count). The van der Waals surface area contributed by atoms with E-state index in [0.29, 0.717) is 27.3 Å². The first-order chi connectivity index (χ1) is 9.19. The maximum Gasteiger partial charge on any atom is 0.155 e. The lowest BCUT2D eigenvalue weighted by molar-refractivity contribution is 0.111. The van der Waals surface area contributed by atoms with Crippen LogP contribution in [-0.2, 0) is 0 Å². The van der Waals surface area contributed by atoms with E-state index in [1.54, 1.807) is 14.2 Å². The number of carbonyl (C=O) groups is 1. The number of methoxy groups -OCH3 is 3. The van der Waals surface area contributed by atoms with E-state index < -0.39 is 0 Å². The fourth-order valence-electron chi connectivity index (χ4n) is 2.12. The van der Waals surface area contributed by atoms with Crippen LogP contribution < -0.4 is 14.2 Å². The van der Waals surface area contributed by atoms with E-state index in [1.807, 2.05) is 18.2 Å². The van der Waals surface area contributed by atoms with Gasteiger partial charge in [0.05, 0.1) is 36.8 Å². The molecule has 100 valence electrons. The molecule has 5 heteroatoms. The van der Waals surface area contributed by atoms with E-state index in [9.17, 15) is 4.79 Å². The van der Waals surface area contributed by atoms with Gasteiger partial charge in [-0.3, -0.25) is 4.79 Å². The summed E-state index contributed by atoms with van der Waals surface area (Å²) < 4.78 is 16.7. The summed E-state index contributed by atoms with van der Waals surface area (Å²) in [6, 6.07) is 5.56. The zero-order valence-corrected chi connectivity index (χ0v) is 12.4. The normalized spacial score (nSPS) is 10.3. The first-order valence-corrected chi connectivity index (χ1v) is 6.34. The van der Waals surface area contributed by atoms with E-state index in [4.69, 9.17) is 14.2 Å². The highest BCUT2D eigenvalue weighted by Gasteiger charge is 2.21. The van der Waals surface area contributed by atoms with Gasteiger partial charge < -0.3 is 14.2 Å². The summed E-state index contributed by atoms with van der Waals surface area (Å²) in [6.45, 7) is 0. The van der Waals surface area contributed by atoms with Gasteiger partial charge in [-0.15, -0.1) is 0 Å². The van der Waals surface area contributed by atoms with Gasteiger partial charge in [-0.2, -0.15) is 0 Å². The summed E-state index contributed by atoms with van der Waals surface area (Å²) in [5.41, 5.74) is 0.399. The lowest BCUT2D eigenvalue weighted by Crippen LogP contribution is -1.99. The third-order valence-electron chi connectivity index (χ3n) is 2.92. The number of ether oxygens (including phenoxy) is 3. The van der Waals surface area contributed by atoms with Crippen LogP contribution in [0.25, 0.3) is 10.8 Å². The molecule has 0 spiro atoms. The highest BCUT2D eigenvalue weighted by atomic mass is 79.9. The van der Waals surface area contributed by atoms with E-state index in [-0.39, 0.29) is 0 Å². The van der Waals surface area contributed by atoms with Gasteiger partial charge in [0.25, 0.3) is 0 Å². The minimum Gasteiger partial charge on any atom is -0.496 e. The third-order valence-corrected chi connectivity index (χ3v) is 3.71. The molecule has 2 aromatic rings. The van der Waals surface area contributed by atoms with Crippen LogP contribution in [0, 0.1) is 0 Å². The predicted molar refractivity (Wildman–Crippen MR) is 76.7 cm³/mol. The van der Waals surface area contributed by atoms with Crippen molar-refractivity contribution in [3.05, 3.63) is 28.2 Å². The number of hydrogen-bond acceptors (Lipinski definition) is 4. The van der Waals surface area contributed by atoms with Crippen molar-refractivity contribution in [1.29, 1.82) is 0 Å². The Bertz CT molecular complexity index is 637. The molecular weight excluding hydrogens is 312 g/mol. The van der Waals surface area contributed by atoms with Crippen LogP contribution in [0.2, 0.25) is 0 Å². The van der Waals surface area contributed by atoms with E-state index in [0.717, 1.165) is 17.1 Å². The molecule has 0 radical (unpaired) electrons. The molecule has 0 aliphatic heterocycles. The SMILES string of the molecule is COc1c(Br)c(C=O)c(OC)c2c(OC)cccc12. The zero-order valence-electron chi connectivity index (χ0n) is 10.8. The lowest BCUT2D eigenvalue weighted by Gasteiger charge is -2.16. The van der Waals surface area contributed by atoms with E-state index in [2.05, 4.69) is 15.9 Å². The molecule has 0 aromatic heterocycles. The Hall–Kier alpha value is -1.75. The first kappa shape index (κ1) is 13.7. The van der Waals surface area contributed by atoms with Gasteiger partial charge in [0, 0.05) is 5.39 Å². The van der Waals surface area contributed by atoms with Crippen molar-refractivity contribution < 1.29 is 19.0 Å². The quantitative estimate of drug-likeness (QED) is 0.808.